The van der Waals surface area contributed by atoms with Crippen LogP contribution in [-0.4, -0.2) is 22.4 Å². The number of pyridine rings is 2. The SMILES string of the molecule is O=C(NCc1ccccn1)c1ccc2c(c1)C1NCCC1C(c1ccccn1)N2. The second-order valence-electron chi connectivity index (χ2n) is 7.57. The van der Waals surface area contributed by atoms with Crippen molar-refractivity contribution in [1.29, 1.82) is 0 Å². The van der Waals surface area contributed by atoms with Crippen LogP contribution in [0.1, 0.15) is 45.8 Å². The van der Waals surface area contributed by atoms with Gasteiger partial charge >= 0.3 is 0 Å². The lowest BCUT2D eigenvalue weighted by Crippen LogP contribution is -2.33. The fourth-order valence-corrected chi connectivity index (χ4v) is 4.42. The van der Waals surface area contributed by atoms with Crippen molar-refractivity contribution in [1.82, 2.24) is 20.6 Å². The van der Waals surface area contributed by atoms with Crippen LogP contribution in [0, 0.1) is 5.92 Å². The number of carbonyl (C=O) groups is 1. The maximum atomic E-state index is 12.7. The Balaban J connectivity index is 1.39. The number of rotatable bonds is 4. The maximum Gasteiger partial charge on any atom is 0.251 e. The number of benzene rings is 1. The van der Waals surface area contributed by atoms with Gasteiger partial charge in [-0.05, 0) is 61.0 Å². The van der Waals surface area contributed by atoms with Gasteiger partial charge in [-0.15, -0.1) is 0 Å². The molecule has 1 saturated heterocycles. The molecular weight excluding hydrogens is 362 g/mol. The molecule has 0 spiro atoms. The number of hydrogen-bond donors (Lipinski definition) is 3. The second-order valence-corrected chi connectivity index (χ2v) is 7.57. The van der Waals surface area contributed by atoms with Gasteiger partial charge in [0.1, 0.15) is 0 Å². The number of anilines is 1. The van der Waals surface area contributed by atoms with Gasteiger partial charge in [-0.3, -0.25) is 14.8 Å². The van der Waals surface area contributed by atoms with Gasteiger partial charge in [0.25, 0.3) is 5.91 Å². The molecule has 1 amide bonds. The molecule has 2 aliphatic rings. The van der Waals surface area contributed by atoms with E-state index < -0.39 is 0 Å². The smallest absolute Gasteiger partial charge is 0.251 e. The van der Waals surface area contributed by atoms with E-state index in [0.717, 1.165) is 35.6 Å². The fourth-order valence-electron chi connectivity index (χ4n) is 4.42. The number of aromatic nitrogens is 2. The molecule has 3 atom stereocenters. The molecule has 29 heavy (non-hydrogen) atoms. The highest BCUT2D eigenvalue weighted by molar-refractivity contribution is 5.95. The summed E-state index contributed by atoms with van der Waals surface area (Å²) in [5.74, 6) is 0.323. The van der Waals surface area contributed by atoms with E-state index in [0.29, 0.717) is 18.0 Å². The number of nitrogens with one attached hydrogen (secondary N) is 3. The Hall–Kier alpha value is -3.25. The van der Waals surface area contributed by atoms with Gasteiger partial charge in [0.15, 0.2) is 0 Å². The van der Waals surface area contributed by atoms with E-state index in [2.05, 4.69) is 32.0 Å². The topological polar surface area (TPSA) is 78.9 Å². The molecule has 1 fully saturated rings. The largest absolute Gasteiger partial charge is 0.376 e. The summed E-state index contributed by atoms with van der Waals surface area (Å²) in [6.07, 6.45) is 4.66. The average molecular weight is 385 g/mol. The molecule has 0 saturated carbocycles. The molecule has 3 aromatic rings. The van der Waals surface area contributed by atoms with Crippen LogP contribution in [0.15, 0.2) is 67.0 Å². The lowest BCUT2D eigenvalue weighted by atomic mass is 9.81. The summed E-state index contributed by atoms with van der Waals surface area (Å²) in [5.41, 5.74) is 4.80. The molecule has 6 nitrogen and oxygen atoms in total. The second kappa shape index (κ2) is 7.64. The summed E-state index contributed by atoms with van der Waals surface area (Å²) < 4.78 is 0. The first kappa shape index (κ1) is 17.8. The van der Waals surface area contributed by atoms with Crippen LogP contribution in [0.4, 0.5) is 5.69 Å². The average Bonchev–Trinajstić information content (AvgIpc) is 3.28. The van der Waals surface area contributed by atoms with E-state index in [1.54, 1.807) is 6.20 Å². The molecule has 0 radical (unpaired) electrons. The van der Waals surface area contributed by atoms with E-state index in [9.17, 15) is 4.79 Å². The van der Waals surface area contributed by atoms with E-state index >= 15 is 0 Å². The van der Waals surface area contributed by atoms with E-state index in [-0.39, 0.29) is 18.0 Å². The van der Waals surface area contributed by atoms with E-state index in [1.165, 1.54) is 0 Å². The molecule has 5 rings (SSSR count). The monoisotopic (exact) mass is 385 g/mol. The molecule has 0 bridgehead atoms. The van der Waals surface area contributed by atoms with Crippen molar-refractivity contribution in [2.45, 2.75) is 25.0 Å². The van der Waals surface area contributed by atoms with Crippen LogP contribution in [0.5, 0.6) is 0 Å². The molecule has 1 aromatic carbocycles. The summed E-state index contributed by atoms with van der Waals surface area (Å²) in [6.45, 7) is 1.39. The normalized spacial score (nSPS) is 22.3. The quantitative estimate of drug-likeness (QED) is 0.643. The third kappa shape index (κ3) is 3.47. The molecule has 4 heterocycles. The first-order valence-corrected chi connectivity index (χ1v) is 10.0. The van der Waals surface area contributed by atoms with Gasteiger partial charge in [0.05, 0.1) is 24.0 Å². The van der Waals surface area contributed by atoms with E-state index in [4.69, 9.17) is 0 Å². The number of hydrogen-bond acceptors (Lipinski definition) is 5. The van der Waals surface area contributed by atoms with Gasteiger partial charge in [-0.25, -0.2) is 0 Å². The van der Waals surface area contributed by atoms with Crippen molar-refractivity contribution >= 4 is 11.6 Å². The lowest BCUT2D eigenvalue weighted by molar-refractivity contribution is 0.0950. The summed E-state index contributed by atoms with van der Waals surface area (Å²) in [7, 11) is 0. The summed E-state index contributed by atoms with van der Waals surface area (Å²) >= 11 is 0. The first-order valence-electron chi connectivity index (χ1n) is 10.0. The molecule has 3 N–H and O–H groups in total. The third-order valence-electron chi connectivity index (χ3n) is 5.82. The van der Waals surface area contributed by atoms with Crippen molar-refractivity contribution < 1.29 is 4.79 Å². The zero-order chi connectivity index (χ0) is 19.6. The molecule has 146 valence electrons. The molecule has 6 heteroatoms. The molecule has 0 aliphatic carbocycles. The number of amides is 1. The van der Waals surface area contributed by atoms with Crippen LogP contribution in [0.3, 0.4) is 0 Å². The summed E-state index contributed by atoms with van der Waals surface area (Å²) in [6, 6.07) is 18.1. The third-order valence-corrected chi connectivity index (χ3v) is 5.82. The highest BCUT2D eigenvalue weighted by Crippen LogP contribution is 2.46. The highest BCUT2D eigenvalue weighted by atomic mass is 16.1. The zero-order valence-electron chi connectivity index (χ0n) is 16.0. The van der Waals surface area contributed by atoms with Crippen molar-refractivity contribution in [3.8, 4) is 0 Å². The minimum absolute atomic E-state index is 0.0835. The molecule has 2 aliphatic heterocycles. The van der Waals surface area contributed by atoms with Crippen LogP contribution in [0.25, 0.3) is 0 Å². The van der Waals surface area contributed by atoms with Gasteiger partial charge in [-0.2, -0.15) is 0 Å². The Morgan fingerprint density at radius 1 is 1.03 bits per heavy atom. The minimum Gasteiger partial charge on any atom is -0.376 e. The van der Waals surface area contributed by atoms with Gasteiger partial charge < -0.3 is 16.0 Å². The van der Waals surface area contributed by atoms with E-state index in [1.807, 2.05) is 54.7 Å². The number of fused-ring (bicyclic) bond motifs is 3. The number of nitrogens with zero attached hydrogens (tertiary/aromatic N) is 2. The van der Waals surface area contributed by atoms with Gasteiger partial charge in [0.2, 0.25) is 0 Å². The van der Waals surface area contributed by atoms with Crippen LogP contribution < -0.4 is 16.0 Å². The predicted octanol–water partition coefficient (Wildman–Crippen LogP) is 3.22. The highest BCUT2D eigenvalue weighted by Gasteiger charge is 2.40. The van der Waals surface area contributed by atoms with Gasteiger partial charge in [-0.1, -0.05) is 12.1 Å². The minimum atomic E-state index is -0.0835. The first-order chi connectivity index (χ1) is 14.3. The summed E-state index contributed by atoms with van der Waals surface area (Å²) in [4.78, 5) is 21.5. The number of carbonyl (C=O) groups excluding carboxylic acids is 1. The Morgan fingerprint density at radius 2 is 1.90 bits per heavy atom. The Labute approximate surface area is 169 Å². The van der Waals surface area contributed by atoms with Crippen LogP contribution in [0.2, 0.25) is 0 Å². The molecular formula is C23H23N5O. The zero-order valence-corrected chi connectivity index (χ0v) is 16.0. The van der Waals surface area contributed by atoms with Crippen LogP contribution in [-0.2, 0) is 6.54 Å². The van der Waals surface area contributed by atoms with Crippen molar-refractivity contribution in [2.24, 2.45) is 5.92 Å². The standard InChI is InChI=1S/C23H23N5O/c29-23(27-14-16-5-1-3-10-24-16)15-7-8-19-18(13-15)21-17(9-12-26-21)22(28-19)20-6-2-4-11-25-20/h1-8,10-11,13,17,21-22,26,28H,9,12,14H2,(H,27,29). The molecule has 2 aromatic heterocycles. The predicted molar refractivity (Wildman–Crippen MR) is 111 cm³/mol. The van der Waals surface area contributed by atoms with Crippen molar-refractivity contribution in [3.63, 3.8) is 0 Å². The Kier molecular flexibility index (Phi) is 4.69. The Morgan fingerprint density at radius 3 is 2.69 bits per heavy atom. The lowest BCUT2D eigenvalue weighted by Gasteiger charge is -2.36. The fraction of sp³-hybridized carbons (Fsp3) is 0.261. The van der Waals surface area contributed by atoms with Crippen molar-refractivity contribution in [2.75, 3.05) is 11.9 Å². The van der Waals surface area contributed by atoms with Gasteiger partial charge in [0, 0.05) is 35.6 Å². The van der Waals surface area contributed by atoms with Crippen molar-refractivity contribution in [3.05, 3.63) is 89.5 Å². The summed E-state index contributed by atoms with van der Waals surface area (Å²) in [5, 5.41) is 10.3. The Bertz CT molecular complexity index is 1010. The van der Waals surface area contributed by atoms with Crippen LogP contribution >= 0.6 is 0 Å². The maximum absolute atomic E-state index is 12.7. The molecule has 3 unspecified atom stereocenters.